The first kappa shape index (κ1) is 16.5. The van der Waals surface area contributed by atoms with Crippen LogP contribution >= 0.6 is 15.9 Å². The number of halogens is 1. The van der Waals surface area contributed by atoms with E-state index < -0.39 is 0 Å². The molecule has 3 aromatic rings. The fourth-order valence-electron chi connectivity index (χ4n) is 2.45. The Hall–Kier alpha value is -2.40. The van der Waals surface area contributed by atoms with Gasteiger partial charge < -0.3 is 10.6 Å². The van der Waals surface area contributed by atoms with Crippen LogP contribution in [0.5, 0.6) is 0 Å². The number of nitrogens with one attached hydrogen (secondary N) is 2. The first-order valence-corrected chi connectivity index (χ1v) is 8.51. The van der Waals surface area contributed by atoms with Gasteiger partial charge in [0.1, 0.15) is 5.82 Å². The van der Waals surface area contributed by atoms with Crippen LogP contribution in [0.2, 0.25) is 0 Å². The Kier molecular flexibility index (Phi) is 4.81. The van der Waals surface area contributed by atoms with Crippen LogP contribution in [0.15, 0.2) is 53.0 Å². The van der Waals surface area contributed by atoms with E-state index in [0.717, 1.165) is 32.9 Å². The number of anilines is 4. The van der Waals surface area contributed by atoms with Crippen LogP contribution in [-0.4, -0.2) is 9.97 Å². The summed E-state index contributed by atoms with van der Waals surface area (Å²) in [6.07, 6.45) is 0. The van der Waals surface area contributed by atoms with Crippen LogP contribution in [0.3, 0.4) is 0 Å². The largest absolute Gasteiger partial charge is 0.340 e. The van der Waals surface area contributed by atoms with E-state index in [1.807, 2.05) is 37.3 Å². The highest BCUT2D eigenvalue weighted by Crippen LogP contribution is 2.24. The van der Waals surface area contributed by atoms with Crippen molar-refractivity contribution >= 4 is 39.1 Å². The Labute approximate surface area is 150 Å². The van der Waals surface area contributed by atoms with Gasteiger partial charge in [-0.2, -0.15) is 4.98 Å². The summed E-state index contributed by atoms with van der Waals surface area (Å²) in [7, 11) is 0. The van der Waals surface area contributed by atoms with Crippen LogP contribution in [0.25, 0.3) is 0 Å². The molecule has 2 aromatic carbocycles. The highest BCUT2D eigenvalue weighted by Gasteiger charge is 2.06. The quantitative estimate of drug-likeness (QED) is 0.611. The van der Waals surface area contributed by atoms with Gasteiger partial charge in [-0.25, -0.2) is 4.98 Å². The molecule has 122 valence electrons. The maximum atomic E-state index is 4.57. The van der Waals surface area contributed by atoms with Gasteiger partial charge in [0.25, 0.3) is 0 Å². The van der Waals surface area contributed by atoms with Gasteiger partial charge in [-0.15, -0.1) is 0 Å². The maximum Gasteiger partial charge on any atom is 0.229 e. The van der Waals surface area contributed by atoms with Gasteiger partial charge in [-0.05, 0) is 62.2 Å². The van der Waals surface area contributed by atoms with E-state index in [4.69, 9.17) is 0 Å². The lowest BCUT2D eigenvalue weighted by Crippen LogP contribution is -2.03. The van der Waals surface area contributed by atoms with Gasteiger partial charge >= 0.3 is 0 Å². The third-order valence-corrected chi connectivity index (χ3v) is 4.07. The zero-order valence-corrected chi connectivity index (χ0v) is 15.5. The lowest BCUT2D eigenvalue weighted by atomic mass is 10.2. The van der Waals surface area contributed by atoms with Gasteiger partial charge in [-0.1, -0.05) is 28.1 Å². The fraction of sp³-hybridized carbons (Fsp3) is 0.158. The highest BCUT2D eigenvalue weighted by atomic mass is 79.9. The van der Waals surface area contributed by atoms with Crippen molar-refractivity contribution in [3.63, 3.8) is 0 Å². The van der Waals surface area contributed by atoms with Crippen molar-refractivity contribution in [3.8, 4) is 0 Å². The maximum absolute atomic E-state index is 4.57. The van der Waals surface area contributed by atoms with Crippen LogP contribution in [-0.2, 0) is 0 Å². The molecular weight excluding hydrogens is 364 g/mol. The summed E-state index contributed by atoms with van der Waals surface area (Å²) in [4.78, 5) is 9.05. The number of aromatic nitrogens is 2. The van der Waals surface area contributed by atoms with Crippen molar-refractivity contribution < 1.29 is 0 Å². The standard InChI is InChI=1S/C19H19BrN4/c1-12-5-4-6-16(9-12)22-18-11-14(3)21-19(24-18)23-17-8-7-15(20)10-13(17)2/h4-11H,1-3H3,(H2,21,22,23,24). The smallest absolute Gasteiger partial charge is 0.229 e. The van der Waals surface area contributed by atoms with Crippen LogP contribution in [0.4, 0.5) is 23.1 Å². The molecule has 0 aliphatic carbocycles. The predicted molar refractivity (Wildman–Crippen MR) is 103 cm³/mol. The minimum atomic E-state index is 0.579. The Morgan fingerprint density at radius 2 is 1.71 bits per heavy atom. The topological polar surface area (TPSA) is 49.8 Å². The predicted octanol–water partition coefficient (Wildman–Crippen LogP) is 5.65. The first-order valence-electron chi connectivity index (χ1n) is 7.72. The lowest BCUT2D eigenvalue weighted by Gasteiger charge is -2.12. The Balaban J connectivity index is 1.86. The molecule has 0 radical (unpaired) electrons. The lowest BCUT2D eigenvalue weighted by molar-refractivity contribution is 1.10. The number of benzene rings is 2. The van der Waals surface area contributed by atoms with Crippen molar-refractivity contribution in [2.75, 3.05) is 10.6 Å². The Bertz CT molecular complexity index is 877. The zero-order chi connectivity index (χ0) is 17.1. The minimum absolute atomic E-state index is 0.579. The molecule has 1 aromatic heterocycles. The van der Waals surface area contributed by atoms with Crippen LogP contribution < -0.4 is 10.6 Å². The van der Waals surface area contributed by atoms with E-state index in [0.29, 0.717) is 5.95 Å². The molecular formula is C19H19BrN4. The van der Waals surface area contributed by atoms with Gasteiger partial charge in [0.15, 0.2) is 0 Å². The van der Waals surface area contributed by atoms with E-state index in [1.54, 1.807) is 0 Å². The molecule has 0 aliphatic rings. The normalized spacial score (nSPS) is 10.5. The van der Waals surface area contributed by atoms with Crippen LogP contribution in [0, 0.1) is 20.8 Å². The first-order chi connectivity index (χ1) is 11.5. The van der Waals surface area contributed by atoms with Crippen LogP contribution in [0.1, 0.15) is 16.8 Å². The Morgan fingerprint density at radius 3 is 2.46 bits per heavy atom. The van der Waals surface area contributed by atoms with Gasteiger partial charge in [0.05, 0.1) is 0 Å². The van der Waals surface area contributed by atoms with E-state index in [-0.39, 0.29) is 0 Å². The van der Waals surface area contributed by atoms with Crippen molar-refractivity contribution in [3.05, 3.63) is 69.8 Å². The van der Waals surface area contributed by atoms with Gasteiger partial charge in [-0.3, -0.25) is 0 Å². The van der Waals surface area contributed by atoms with E-state index >= 15 is 0 Å². The molecule has 24 heavy (non-hydrogen) atoms. The highest BCUT2D eigenvalue weighted by molar-refractivity contribution is 9.10. The second kappa shape index (κ2) is 7.01. The third-order valence-electron chi connectivity index (χ3n) is 3.58. The summed E-state index contributed by atoms with van der Waals surface area (Å²) in [5.74, 6) is 1.35. The SMILES string of the molecule is Cc1cccc(Nc2cc(C)nc(Nc3ccc(Br)cc3C)n2)c1. The van der Waals surface area contributed by atoms with Crippen molar-refractivity contribution in [1.82, 2.24) is 9.97 Å². The minimum Gasteiger partial charge on any atom is -0.340 e. The summed E-state index contributed by atoms with van der Waals surface area (Å²) in [6.45, 7) is 6.08. The molecule has 3 rings (SSSR count). The van der Waals surface area contributed by atoms with Crippen molar-refractivity contribution in [1.29, 1.82) is 0 Å². The molecule has 5 heteroatoms. The zero-order valence-electron chi connectivity index (χ0n) is 13.9. The molecule has 0 fully saturated rings. The summed E-state index contributed by atoms with van der Waals surface area (Å²) in [5, 5.41) is 6.63. The Morgan fingerprint density at radius 1 is 0.875 bits per heavy atom. The number of hydrogen-bond donors (Lipinski definition) is 2. The van der Waals surface area contributed by atoms with Crippen molar-refractivity contribution in [2.24, 2.45) is 0 Å². The second-order valence-corrected chi connectivity index (χ2v) is 6.71. The number of aryl methyl sites for hydroxylation is 3. The molecule has 0 bridgehead atoms. The molecule has 0 atom stereocenters. The molecule has 0 spiro atoms. The fourth-order valence-corrected chi connectivity index (χ4v) is 2.92. The second-order valence-electron chi connectivity index (χ2n) is 5.80. The summed E-state index contributed by atoms with van der Waals surface area (Å²) >= 11 is 3.48. The monoisotopic (exact) mass is 382 g/mol. The third kappa shape index (κ3) is 4.11. The molecule has 0 amide bonds. The molecule has 1 heterocycles. The molecule has 2 N–H and O–H groups in total. The molecule has 0 aliphatic heterocycles. The average Bonchev–Trinajstić information content (AvgIpc) is 2.49. The average molecular weight is 383 g/mol. The molecule has 0 saturated heterocycles. The van der Waals surface area contributed by atoms with Gasteiger partial charge in [0, 0.05) is 27.6 Å². The number of hydrogen-bond acceptors (Lipinski definition) is 4. The van der Waals surface area contributed by atoms with Crippen molar-refractivity contribution in [2.45, 2.75) is 20.8 Å². The van der Waals surface area contributed by atoms with E-state index in [2.05, 4.69) is 68.6 Å². The molecule has 0 unspecified atom stereocenters. The number of nitrogens with zero attached hydrogens (tertiary/aromatic N) is 2. The number of rotatable bonds is 4. The summed E-state index contributed by atoms with van der Waals surface area (Å²) < 4.78 is 1.05. The summed E-state index contributed by atoms with van der Waals surface area (Å²) in [6, 6.07) is 16.2. The molecule has 4 nitrogen and oxygen atoms in total. The van der Waals surface area contributed by atoms with E-state index in [1.165, 1.54) is 5.56 Å². The van der Waals surface area contributed by atoms with Gasteiger partial charge in [0.2, 0.25) is 5.95 Å². The summed E-state index contributed by atoms with van der Waals surface area (Å²) in [5.41, 5.74) is 5.24. The van der Waals surface area contributed by atoms with E-state index in [9.17, 15) is 0 Å². The molecule has 0 saturated carbocycles.